The number of hydrogen-bond donors (Lipinski definition) is 2. The molecule has 0 aromatic rings. The summed E-state index contributed by atoms with van der Waals surface area (Å²) in [5, 5.41) is 12.0. The van der Waals surface area contributed by atoms with Crippen LogP contribution in [0, 0.1) is 0 Å². The summed E-state index contributed by atoms with van der Waals surface area (Å²) in [6.45, 7) is 11.4. The molecule has 0 bridgehead atoms. The van der Waals surface area contributed by atoms with E-state index >= 15 is 0 Å². The molecule has 0 radical (unpaired) electrons. The summed E-state index contributed by atoms with van der Waals surface area (Å²) in [6, 6.07) is 0. The van der Waals surface area contributed by atoms with E-state index in [0.29, 0.717) is 32.8 Å². The number of aliphatic hydroxyl groups excluding tert-OH is 1. The second-order valence-electron chi connectivity index (χ2n) is 15.1. The number of likely N-dealkylation sites (N-methyl/N-ethyl adjacent to an activating group) is 1. The fourth-order valence-corrected chi connectivity index (χ4v) is 6.52. The Kier molecular flexibility index (Phi) is 43.8. The number of ether oxygens (including phenoxy) is 3. The van der Waals surface area contributed by atoms with E-state index in [2.05, 4.69) is 48.4 Å². The predicted molar refractivity (Wildman–Crippen MR) is 228 cm³/mol. The summed E-state index contributed by atoms with van der Waals surface area (Å²) < 4.78 is 17.7. The molecule has 0 saturated carbocycles. The van der Waals surface area contributed by atoms with Crippen molar-refractivity contribution in [2.24, 2.45) is 0 Å². The Balaban J connectivity index is 4.10. The first kappa shape index (κ1) is 51.6. The largest absolute Gasteiger partial charge is 0.447 e. The van der Waals surface area contributed by atoms with Gasteiger partial charge in [-0.1, -0.05) is 161 Å². The van der Waals surface area contributed by atoms with Crippen molar-refractivity contribution in [1.82, 2.24) is 10.2 Å². The molecule has 0 fully saturated rings. The summed E-state index contributed by atoms with van der Waals surface area (Å²) in [5.41, 5.74) is 0. The third-order valence-electron chi connectivity index (χ3n) is 10.1. The van der Waals surface area contributed by atoms with E-state index < -0.39 is 6.09 Å². The van der Waals surface area contributed by atoms with Crippen LogP contribution in [0.5, 0.6) is 0 Å². The molecule has 0 aliphatic heterocycles. The Morgan fingerprint density at radius 1 is 0.566 bits per heavy atom. The van der Waals surface area contributed by atoms with Gasteiger partial charge in [-0.25, -0.2) is 4.79 Å². The minimum atomic E-state index is -0.427. The zero-order valence-electron chi connectivity index (χ0n) is 35.6. The number of unbranched alkanes of at least 4 members (excludes halogenated alkanes) is 24. The Labute approximate surface area is 329 Å². The fourth-order valence-electron chi connectivity index (χ4n) is 6.52. The van der Waals surface area contributed by atoms with E-state index in [0.717, 1.165) is 26.0 Å². The van der Waals surface area contributed by atoms with Gasteiger partial charge in [0.25, 0.3) is 0 Å². The molecule has 0 aliphatic rings. The highest BCUT2D eigenvalue weighted by atomic mass is 16.6. The van der Waals surface area contributed by atoms with Gasteiger partial charge in [0.15, 0.2) is 0 Å². The van der Waals surface area contributed by atoms with Crippen molar-refractivity contribution >= 4 is 6.09 Å². The Morgan fingerprint density at radius 3 is 1.45 bits per heavy atom. The summed E-state index contributed by atoms with van der Waals surface area (Å²) in [5.74, 6) is 0. The minimum absolute atomic E-state index is 0.117. The van der Waals surface area contributed by atoms with E-state index in [1.54, 1.807) is 0 Å². The number of nitrogens with zero attached hydrogens (tertiary/aromatic N) is 1. The van der Waals surface area contributed by atoms with Crippen LogP contribution in [0.1, 0.15) is 201 Å². The maximum absolute atomic E-state index is 12.3. The Hall–Kier alpha value is -1.41. The summed E-state index contributed by atoms with van der Waals surface area (Å²) in [7, 11) is 0. The highest BCUT2D eigenvalue weighted by Gasteiger charge is 2.14. The van der Waals surface area contributed by atoms with E-state index in [-0.39, 0.29) is 19.3 Å². The van der Waals surface area contributed by atoms with Gasteiger partial charge in [-0.2, -0.15) is 0 Å². The number of allylic oxidation sites excluding steroid dienone is 4. The number of alkyl carbamates (subject to hydrolysis) is 1. The first-order valence-electron chi connectivity index (χ1n) is 22.9. The van der Waals surface area contributed by atoms with Crippen LogP contribution in [0.25, 0.3) is 0 Å². The summed E-state index contributed by atoms with van der Waals surface area (Å²) in [6.07, 6.45) is 45.0. The average Bonchev–Trinajstić information content (AvgIpc) is 3.16. The molecule has 0 spiro atoms. The van der Waals surface area contributed by atoms with Gasteiger partial charge in [-0.05, 0) is 70.8 Å². The molecule has 1 unspecified atom stereocenters. The summed E-state index contributed by atoms with van der Waals surface area (Å²) >= 11 is 0. The van der Waals surface area contributed by atoms with Crippen molar-refractivity contribution in [3.05, 3.63) is 24.3 Å². The molecule has 7 heteroatoms. The SMILES string of the molecule is CCCCCCCC/C=C\CCCCCCCCOCC(COC(=O)NCCN(CC)CCO)OCCCCCCCC/C=C\CCCCCCCC. The van der Waals surface area contributed by atoms with Crippen molar-refractivity contribution in [3.63, 3.8) is 0 Å². The highest BCUT2D eigenvalue weighted by Crippen LogP contribution is 2.12. The van der Waals surface area contributed by atoms with E-state index in [1.165, 1.54) is 167 Å². The second kappa shape index (κ2) is 45.0. The van der Waals surface area contributed by atoms with Gasteiger partial charge >= 0.3 is 6.09 Å². The topological polar surface area (TPSA) is 80.3 Å². The van der Waals surface area contributed by atoms with Gasteiger partial charge in [-0.15, -0.1) is 0 Å². The van der Waals surface area contributed by atoms with Crippen LogP contribution in [-0.2, 0) is 14.2 Å². The standard InChI is InChI=1S/C46H90N2O5/c1-4-7-9-11-13-15-17-19-21-23-25-27-29-31-33-35-41-51-43-45(44-53-46(50)47-37-38-48(6-3)39-40-49)52-42-36-34-32-30-28-26-24-22-20-18-16-14-12-10-8-5-2/h19-22,45,49H,4-18,23-44H2,1-3H3,(H,47,50)/b21-19-,22-20-. The van der Waals surface area contributed by atoms with E-state index in [4.69, 9.17) is 14.2 Å². The van der Waals surface area contributed by atoms with Crippen LogP contribution in [0.4, 0.5) is 4.79 Å². The number of carbonyl (C=O) groups is 1. The third-order valence-corrected chi connectivity index (χ3v) is 10.1. The molecule has 0 aromatic heterocycles. The van der Waals surface area contributed by atoms with Crippen molar-refractivity contribution in [1.29, 1.82) is 0 Å². The smallest absolute Gasteiger partial charge is 0.407 e. The molecule has 0 saturated heterocycles. The fraction of sp³-hybridized carbons (Fsp3) is 0.891. The van der Waals surface area contributed by atoms with Gasteiger partial charge in [0.05, 0.1) is 13.2 Å². The quantitative estimate of drug-likeness (QED) is 0.0477. The molecule has 7 nitrogen and oxygen atoms in total. The highest BCUT2D eigenvalue weighted by molar-refractivity contribution is 5.67. The van der Waals surface area contributed by atoms with Crippen LogP contribution in [0.2, 0.25) is 0 Å². The van der Waals surface area contributed by atoms with Gasteiger partial charge in [0.2, 0.25) is 0 Å². The number of amides is 1. The van der Waals surface area contributed by atoms with Crippen LogP contribution >= 0.6 is 0 Å². The maximum Gasteiger partial charge on any atom is 0.407 e. The van der Waals surface area contributed by atoms with Crippen LogP contribution in [0.15, 0.2) is 24.3 Å². The normalized spacial score (nSPS) is 12.5. The van der Waals surface area contributed by atoms with Gasteiger partial charge in [-0.3, -0.25) is 4.90 Å². The molecule has 0 heterocycles. The number of hydrogen-bond acceptors (Lipinski definition) is 6. The molecule has 0 rings (SSSR count). The first-order chi connectivity index (χ1) is 26.2. The van der Waals surface area contributed by atoms with Crippen molar-refractivity contribution in [2.75, 3.05) is 59.2 Å². The average molecular weight is 751 g/mol. The zero-order valence-corrected chi connectivity index (χ0v) is 35.6. The lowest BCUT2D eigenvalue weighted by molar-refractivity contribution is -0.0468. The van der Waals surface area contributed by atoms with Crippen molar-refractivity contribution in [3.8, 4) is 0 Å². The molecular formula is C46H90N2O5. The monoisotopic (exact) mass is 751 g/mol. The second-order valence-corrected chi connectivity index (χ2v) is 15.1. The van der Waals surface area contributed by atoms with Crippen molar-refractivity contribution in [2.45, 2.75) is 207 Å². The van der Waals surface area contributed by atoms with E-state index in [9.17, 15) is 9.90 Å². The van der Waals surface area contributed by atoms with Crippen LogP contribution < -0.4 is 5.32 Å². The maximum atomic E-state index is 12.3. The molecule has 1 amide bonds. The molecule has 53 heavy (non-hydrogen) atoms. The number of nitrogens with one attached hydrogen (secondary N) is 1. The zero-order chi connectivity index (χ0) is 38.6. The Bertz CT molecular complexity index is 777. The molecule has 0 aliphatic carbocycles. The predicted octanol–water partition coefficient (Wildman–Crippen LogP) is 12.5. The molecule has 0 aromatic carbocycles. The first-order valence-corrected chi connectivity index (χ1v) is 22.9. The molecule has 2 N–H and O–H groups in total. The number of carbonyl (C=O) groups excluding carboxylic acids is 1. The van der Waals surface area contributed by atoms with Crippen LogP contribution in [-0.4, -0.2) is 81.4 Å². The lowest BCUT2D eigenvalue weighted by atomic mass is 10.1. The van der Waals surface area contributed by atoms with Crippen LogP contribution in [0.3, 0.4) is 0 Å². The van der Waals surface area contributed by atoms with Crippen molar-refractivity contribution < 1.29 is 24.1 Å². The molecule has 1 atom stereocenters. The van der Waals surface area contributed by atoms with Gasteiger partial charge in [0, 0.05) is 32.8 Å². The minimum Gasteiger partial charge on any atom is -0.447 e. The Morgan fingerprint density at radius 2 is 1.00 bits per heavy atom. The summed E-state index contributed by atoms with van der Waals surface area (Å²) in [4.78, 5) is 14.4. The molecule has 314 valence electrons. The number of aliphatic hydroxyl groups is 1. The van der Waals surface area contributed by atoms with Gasteiger partial charge < -0.3 is 24.6 Å². The lowest BCUT2D eigenvalue weighted by Crippen LogP contribution is -2.37. The third kappa shape index (κ3) is 41.6. The lowest BCUT2D eigenvalue weighted by Gasteiger charge is -2.20. The van der Waals surface area contributed by atoms with Gasteiger partial charge in [0.1, 0.15) is 12.7 Å². The number of rotatable bonds is 43. The van der Waals surface area contributed by atoms with E-state index in [1.807, 2.05) is 6.92 Å². The molecular weight excluding hydrogens is 661 g/mol.